The summed E-state index contributed by atoms with van der Waals surface area (Å²) in [7, 11) is 4.86. The fraction of sp³-hybridized carbons (Fsp3) is 0.286. The minimum atomic E-state index is -0.175. The molecule has 0 fully saturated rings. The molecule has 0 aliphatic rings. The van der Waals surface area contributed by atoms with E-state index in [0.29, 0.717) is 23.7 Å². The van der Waals surface area contributed by atoms with Gasteiger partial charge in [-0.05, 0) is 29.8 Å². The Morgan fingerprint density at radius 3 is 2.61 bits per heavy atom. The number of hydrogen-bond donors (Lipinski definition) is 1. The number of aromatic nitrogens is 2. The number of aryl methyl sites for hydroxylation is 2. The van der Waals surface area contributed by atoms with Gasteiger partial charge in [0, 0.05) is 26.4 Å². The number of rotatable bonds is 7. The van der Waals surface area contributed by atoms with Crippen LogP contribution in [0.15, 0.2) is 47.3 Å². The van der Waals surface area contributed by atoms with Crippen LogP contribution >= 0.6 is 0 Å². The lowest BCUT2D eigenvalue weighted by Gasteiger charge is -2.11. The first-order valence-electron chi connectivity index (χ1n) is 8.95. The molecule has 0 atom stereocenters. The van der Waals surface area contributed by atoms with Gasteiger partial charge >= 0.3 is 0 Å². The molecule has 0 aliphatic carbocycles. The van der Waals surface area contributed by atoms with Crippen LogP contribution in [0.2, 0.25) is 0 Å². The van der Waals surface area contributed by atoms with Crippen molar-refractivity contribution < 1.29 is 14.3 Å². The predicted molar refractivity (Wildman–Crippen MR) is 107 cm³/mol. The molecule has 0 spiro atoms. The number of carbonyl (C=O) groups excluding carboxylic acids is 1. The lowest BCUT2D eigenvalue weighted by molar-refractivity contribution is -0.121. The molecule has 0 saturated carbocycles. The number of hydrogen-bond acceptors (Lipinski definition) is 5. The number of methoxy groups -OCH3 is 2. The Kier molecular flexibility index (Phi) is 5.93. The zero-order valence-electron chi connectivity index (χ0n) is 16.2. The fourth-order valence-electron chi connectivity index (χ4n) is 3.01. The molecular formula is C21H23N3O4. The second kappa shape index (κ2) is 8.56. The van der Waals surface area contributed by atoms with E-state index in [1.54, 1.807) is 31.9 Å². The van der Waals surface area contributed by atoms with E-state index in [-0.39, 0.29) is 24.3 Å². The first kappa shape index (κ1) is 19.4. The van der Waals surface area contributed by atoms with E-state index < -0.39 is 0 Å². The summed E-state index contributed by atoms with van der Waals surface area (Å²) in [6, 6.07) is 12.9. The quantitative estimate of drug-likeness (QED) is 0.678. The molecule has 7 nitrogen and oxygen atoms in total. The predicted octanol–water partition coefficient (Wildman–Crippen LogP) is 2.20. The van der Waals surface area contributed by atoms with Gasteiger partial charge in [-0.15, -0.1) is 0 Å². The van der Waals surface area contributed by atoms with Crippen molar-refractivity contribution in [3.05, 3.63) is 64.1 Å². The number of para-hydroxylation sites is 2. The highest BCUT2D eigenvalue weighted by Gasteiger charge is 2.11. The van der Waals surface area contributed by atoms with Gasteiger partial charge in [-0.3, -0.25) is 9.59 Å². The van der Waals surface area contributed by atoms with Gasteiger partial charge in [-0.25, -0.2) is 4.98 Å². The van der Waals surface area contributed by atoms with Crippen LogP contribution in [0.4, 0.5) is 0 Å². The zero-order chi connectivity index (χ0) is 20.1. The number of nitrogens with zero attached hydrogens (tertiary/aromatic N) is 2. The molecule has 1 N–H and O–H groups in total. The Bertz CT molecular complexity index is 1060. The molecule has 1 amide bonds. The van der Waals surface area contributed by atoms with Gasteiger partial charge in [0.05, 0.1) is 25.3 Å². The van der Waals surface area contributed by atoms with E-state index >= 15 is 0 Å². The lowest BCUT2D eigenvalue weighted by Crippen LogP contribution is -2.27. The van der Waals surface area contributed by atoms with Crippen molar-refractivity contribution in [2.24, 2.45) is 7.05 Å². The average Bonchev–Trinajstić information content (AvgIpc) is 2.73. The highest BCUT2D eigenvalue weighted by Crippen LogP contribution is 2.27. The number of ether oxygens (including phenoxy) is 2. The summed E-state index contributed by atoms with van der Waals surface area (Å²) < 4.78 is 12.0. The highest BCUT2D eigenvalue weighted by atomic mass is 16.5. The molecule has 1 heterocycles. The molecule has 0 aliphatic heterocycles. The summed E-state index contributed by atoms with van der Waals surface area (Å²) in [4.78, 5) is 29.1. The number of fused-ring (bicyclic) bond motifs is 1. The third kappa shape index (κ3) is 4.14. The Balaban J connectivity index is 1.63. The molecular weight excluding hydrogens is 358 g/mol. The van der Waals surface area contributed by atoms with Crippen molar-refractivity contribution in [1.29, 1.82) is 0 Å². The van der Waals surface area contributed by atoms with Crippen LogP contribution in [0.25, 0.3) is 11.0 Å². The third-order valence-corrected chi connectivity index (χ3v) is 4.58. The molecule has 3 aromatic rings. The molecule has 28 heavy (non-hydrogen) atoms. The van der Waals surface area contributed by atoms with Crippen molar-refractivity contribution in [3.63, 3.8) is 0 Å². The largest absolute Gasteiger partial charge is 0.493 e. The third-order valence-electron chi connectivity index (χ3n) is 4.58. The second-order valence-electron chi connectivity index (χ2n) is 6.38. The number of nitrogens with one attached hydrogen (secondary N) is 1. The topological polar surface area (TPSA) is 82.5 Å². The lowest BCUT2D eigenvalue weighted by atomic mass is 10.2. The number of carbonyl (C=O) groups is 1. The first-order valence-corrected chi connectivity index (χ1v) is 8.95. The maximum Gasteiger partial charge on any atom is 0.272 e. The molecule has 0 radical (unpaired) electrons. The Labute approximate surface area is 162 Å². The van der Waals surface area contributed by atoms with Gasteiger partial charge in [-0.2, -0.15) is 0 Å². The van der Waals surface area contributed by atoms with Crippen LogP contribution in [0, 0.1) is 0 Å². The van der Waals surface area contributed by atoms with Crippen molar-refractivity contribution in [3.8, 4) is 11.5 Å². The second-order valence-corrected chi connectivity index (χ2v) is 6.38. The van der Waals surface area contributed by atoms with Gasteiger partial charge < -0.3 is 19.4 Å². The van der Waals surface area contributed by atoms with Crippen LogP contribution in [-0.2, 0) is 24.8 Å². The Morgan fingerprint density at radius 2 is 1.86 bits per heavy atom. The SMILES string of the molecule is COc1ccc(CNC(=O)CCc2nc3ccccc3n(C)c2=O)cc1OC. The van der Waals surface area contributed by atoms with Crippen molar-refractivity contribution in [1.82, 2.24) is 14.9 Å². The van der Waals surface area contributed by atoms with Crippen molar-refractivity contribution >= 4 is 16.9 Å². The summed E-state index contributed by atoms with van der Waals surface area (Å²) in [5.41, 5.74) is 2.62. The van der Waals surface area contributed by atoms with E-state index in [1.807, 2.05) is 36.4 Å². The Morgan fingerprint density at radius 1 is 1.11 bits per heavy atom. The van der Waals surface area contributed by atoms with Crippen LogP contribution in [0.1, 0.15) is 17.7 Å². The fourth-order valence-corrected chi connectivity index (χ4v) is 3.01. The molecule has 0 saturated heterocycles. The van der Waals surface area contributed by atoms with Gasteiger partial charge in [0.25, 0.3) is 5.56 Å². The van der Waals surface area contributed by atoms with Crippen LogP contribution in [0.5, 0.6) is 11.5 Å². The summed E-state index contributed by atoms with van der Waals surface area (Å²) in [5.74, 6) is 1.10. The smallest absolute Gasteiger partial charge is 0.272 e. The number of benzene rings is 2. The number of amides is 1. The molecule has 1 aromatic heterocycles. The van der Waals surface area contributed by atoms with Gasteiger partial charge in [0.2, 0.25) is 5.91 Å². The first-order chi connectivity index (χ1) is 13.5. The Hall–Kier alpha value is -3.35. The molecule has 146 valence electrons. The highest BCUT2D eigenvalue weighted by molar-refractivity contribution is 5.77. The maximum absolute atomic E-state index is 12.4. The molecule has 3 rings (SSSR count). The van der Waals surface area contributed by atoms with E-state index in [0.717, 1.165) is 16.6 Å². The standard InChI is InChI=1S/C21H23N3O4/c1-24-17-7-5-4-6-15(17)23-16(21(24)26)9-11-20(25)22-13-14-8-10-18(27-2)19(12-14)28-3/h4-8,10,12H,9,11,13H2,1-3H3,(H,22,25). The van der Waals surface area contributed by atoms with E-state index in [9.17, 15) is 9.59 Å². The summed E-state index contributed by atoms with van der Waals surface area (Å²) >= 11 is 0. The molecule has 2 aromatic carbocycles. The van der Waals surface area contributed by atoms with Crippen molar-refractivity contribution in [2.45, 2.75) is 19.4 Å². The zero-order valence-corrected chi connectivity index (χ0v) is 16.2. The summed E-state index contributed by atoms with van der Waals surface area (Å²) in [6.07, 6.45) is 0.475. The molecule has 0 unspecified atom stereocenters. The van der Waals surface area contributed by atoms with E-state index in [4.69, 9.17) is 9.47 Å². The minimum absolute atomic E-state index is 0.146. The van der Waals surface area contributed by atoms with Crippen molar-refractivity contribution in [2.75, 3.05) is 14.2 Å². The van der Waals surface area contributed by atoms with Gasteiger partial charge in [0.15, 0.2) is 11.5 Å². The van der Waals surface area contributed by atoms with Crippen LogP contribution < -0.4 is 20.3 Å². The van der Waals surface area contributed by atoms with Crippen LogP contribution in [0.3, 0.4) is 0 Å². The average molecular weight is 381 g/mol. The van der Waals surface area contributed by atoms with Crippen LogP contribution in [-0.4, -0.2) is 29.7 Å². The molecule has 7 heteroatoms. The monoisotopic (exact) mass is 381 g/mol. The van der Waals surface area contributed by atoms with E-state index in [2.05, 4.69) is 10.3 Å². The maximum atomic E-state index is 12.4. The molecule has 0 bridgehead atoms. The normalized spacial score (nSPS) is 10.7. The minimum Gasteiger partial charge on any atom is -0.493 e. The van der Waals surface area contributed by atoms with E-state index in [1.165, 1.54) is 0 Å². The van der Waals surface area contributed by atoms with Gasteiger partial charge in [0.1, 0.15) is 5.69 Å². The summed E-state index contributed by atoms with van der Waals surface area (Å²) in [6.45, 7) is 0.363. The van der Waals surface area contributed by atoms with Gasteiger partial charge in [-0.1, -0.05) is 18.2 Å². The summed E-state index contributed by atoms with van der Waals surface area (Å²) in [5, 5.41) is 2.86.